The molecular weight excluding hydrogens is 550 g/mol. The zero-order chi connectivity index (χ0) is 30.9. The first-order valence-electron chi connectivity index (χ1n) is 15.1. The smallest absolute Gasteiger partial charge is 0.306 e. The molecular formula is C37H39N3O4. The second kappa shape index (κ2) is 14.5. The maximum absolute atomic E-state index is 13.4. The van der Waals surface area contributed by atoms with Crippen molar-refractivity contribution in [1.29, 1.82) is 5.41 Å². The third-order valence-corrected chi connectivity index (χ3v) is 8.20. The number of carbonyl (C=O) groups is 2. The highest BCUT2D eigenvalue weighted by Crippen LogP contribution is 2.30. The largest absolute Gasteiger partial charge is 0.491 e. The van der Waals surface area contributed by atoms with Gasteiger partial charge in [0.2, 0.25) is 5.91 Å². The number of methoxy groups -OCH3 is 1. The van der Waals surface area contributed by atoms with Crippen molar-refractivity contribution < 1.29 is 19.1 Å². The molecule has 2 atom stereocenters. The summed E-state index contributed by atoms with van der Waals surface area (Å²) in [6, 6.07) is 34.3. The van der Waals surface area contributed by atoms with Crippen molar-refractivity contribution in [1.82, 2.24) is 4.90 Å². The van der Waals surface area contributed by atoms with Crippen LogP contribution in [0, 0.1) is 11.3 Å². The molecule has 0 aromatic heterocycles. The van der Waals surface area contributed by atoms with Crippen molar-refractivity contribution in [3.05, 3.63) is 125 Å². The predicted molar refractivity (Wildman–Crippen MR) is 173 cm³/mol. The summed E-state index contributed by atoms with van der Waals surface area (Å²) < 4.78 is 11.0. The predicted octanol–water partition coefficient (Wildman–Crippen LogP) is 6.02. The molecule has 0 aliphatic carbocycles. The Bertz CT molecular complexity index is 1570. The standard InChI is InChI=1S/C37H39N3O4/c1-43-35(41)24-32-23-33(25-44-34-18-16-30(17-19-34)29-12-14-31(15-13-29)36(38)39)40(37(32)42)20-6-11-27-9-5-10-28(22-27)21-26-7-3-2-4-8-26/h2-5,7-10,12-19,22,32-33H,6,11,20-21,23-25H2,1H3,(H3,38,39)/t32-,33-/m0/s1. The first kappa shape index (κ1) is 30.5. The number of likely N-dealkylation sites (tertiary alicyclic amines) is 1. The van der Waals surface area contributed by atoms with E-state index in [9.17, 15) is 9.59 Å². The fourth-order valence-corrected chi connectivity index (χ4v) is 5.84. The quantitative estimate of drug-likeness (QED) is 0.113. The fourth-order valence-electron chi connectivity index (χ4n) is 5.84. The second-order valence-corrected chi connectivity index (χ2v) is 11.3. The number of aryl methyl sites for hydroxylation is 1. The summed E-state index contributed by atoms with van der Waals surface area (Å²) in [6.07, 6.45) is 3.21. The van der Waals surface area contributed by atoms with Gasteiger partial charge in [0, 0.05) is 12.1 Å². The topological polar surface area (TPSA) is 106 Å². The summed E-state index contributed by atoms with van der Waals surface area (Å²) in [5.41, 5.74) is 12.1. The van der Waals surface area contributed by atoms with E-state index in [0.717, 1.165) is 30.4 Å². The molecule has 3 N–H and O–H groups in total. The average Bonchev–Trinajstić information content (AvgIpc) is 3.34. The van der Waals surface area contributed by atoms with Gasteiger partial charge in [0.25, 0.3) is 0 Å². The van der Waals surface area contributed by atoms with Crippen LogP contribution in [0.4, 0.5) is 0 Å². The van der Waals surface area contributed by atoms with Crippen LogP contribution in [0.25, 0.3) is 11.1 Å². The molecule has 1 aliphatic heterocycles. The Morgan fingerprint density at radius 1 is 0.886 bits per heavy atom. The molecule has 1 amide bonds. The minimum absolute atomic E-state index is 0.00816. The number of amides is 1. The zero-order valence-corrected chi connectivity index (χ0v) is 25.1. The maximum atomic E-state index is 13.4. The molecule has 1 heterocycles. The highest BCUT2D eigenvalue weighted by Gasteiger charge is 2.40. The molecule has 1 fully saturated rings. The molecule has 0 saturated carbocycles. The zero-order valence-electron chi connectivity index (χ0n) is 25.1. The highest BCUT2D eigenvalue weighted by molar-refractivity contribution is 5.95. The number of nitrogens with zero attached hydrogens (tertiary/aromatic N) is 1. The Kier molecular flexibility index (Phi) is 10.1. The van der Waals surface area contributed by atoms with Crippen LogP contribution >= 0.6 is 0 Å². The van der Waals surface area contributed by atoms with Crippen molar-refractivity contribution in [3.8, 4) is 16.9 Å². The van der Waals surface area contributed by atoms with Gasteiger partial charge in [-0.05, 0) is 65.6 Å². The molecule has 1 aliphatic rings. The third kappa shape index (κ3) is 7.92. The molecule has 7 nitrogen and oxygen atoms in total. The Balaban J connectivity index is 1.20. The van der Waals surface area contributed by atoms with Crippen LogP contribution in [0.1, 0.15) is 41.5 Å². The van der Waals surface area contributed by atoms with Crippen molar-refractivity contribution in [2.75, 3.05) is 20.3 Å². The third-order valence-electron chi connectivity index (χ3n) is 8.20. The van der Waals surface area contributed by atoms with Crippen LogP contribution in [0.5, 0.6) is 5.75 Å². The average molecular weight is 590 g/mol. The Morgan fingerprint density at radius 3 is 2.23 bits per heavy atom. The Labute approximate surface area is 259 Å². The van der Waals surface area contributed by atoms with Gasteiger partial charge in [-0.15, -0.1) is 0 Å². The molecule has 0 radical (unpaired) electrons. The molecule has 4 aromatic rings. The summed E-state index contributed by atoms with van der Waals surface area (Å²) in [5.74, 6) is -0.0152. The van der Waals surface area contributed by atoms with Gasteiger partial charge in [-0.25, -0.2) is 0 Å². The van der Waals surface area contributed by atoms with E-state index in [-0.39, 0.29) is 30.2 Å². The fraction of sp³-hybridized carbons (Fsp3) is 0.270. The number of amidine groups is 1. The number of nitrogens with two attached hydrogens (primary N) is 1. The van der Waals surface area contributed by atoms with E-state index < -0.39 is 5.92 Å². The molecule has 7 heteroatoms. The number of hydrogen-bond acceptors (Lipinski definition) is 5. The lowest BCUT2D eigenvalue weighted by Crippen LogP contribution is -2.38. The molecule has 0 bridgehead atoms. The SMILES string of the molecule is COC(=O)C[C@@H]1C[C@@H](COc2ccc(-c3ccc(C(=N)N)cc3)cc2)N(CCCc2cccc(Cc3ccccc3)c2)C1=O. The molecule has 226 valence electrons. The van der Waals surface area contributed by atoms with Gasteiger partial charge in [0.1, 0.15) is 18.2 Å². The molecule has 0 spiro atoms. The number of hydrogen-bond donors (Lipinski definition) is 2. The molecule has 5 rings (SSSR count). The van der Waals surface area contributed by atoms with Gasteiger partial charge in [-0.1, -0.05) is 91.0 Å². The molecule has 0 unspecified atom stereocenters. The van der Waals surface area contributed by atoms with Gasteiger partial charge < -0.3 is 20.1 Å². The van der Waals surface area contributed by atoms with Crippen LogP contribution in [-0.2, 0) is 27.2 Å². The van der Waals surface area contributed by atoms with E-state index in [0.29, 0.717) is 30.9 Å². The number of ether oxygens (including phenoxy) is 2. The van der Waals surface area contributed by atoms with Crippen LogP contribution in [-0.4, -0.2) is 48.9 Å². The summed E-state index contributed by atoms with van der Waals surface area (Å²) in [5, 5.41) is 7.57. The maximum Gasteiger partial charge on any atom is 0.306 e. The van der Waals surface area contributed by atoms with Gasteiger partial charge >= 0.3 is 5.97 Å². The number of benzene rings is 4. The minimum Gasteiger partial charge on any atom is -0.491 e. The van der Waals surface area contributed by atoms with Crippen molar-refractivity contribution in [2.24, 2.45) is 11.7 Å². The van der Waals surface area contributed by atoms with Crippen molar-refractivity contribution in [3.63, 3.8) is 0 Å². The monoisotopic (exact) mass is 589 g/mol. The Hall–Kier alpha value is -4.91. The lowest BCUT2D eigenvalue weighted by Gasteiger charge is -2.25. The second-order valence-electron chi connectivity index (χ2n) is 11.3. The number of rotatable bonds is 13. The number of carbonyl (C=O) groups excluding carboxylic acids is 2. The van der Waals surface area contributed by atoms with E-state index in [4.69, 9.17) is 20.6 Å². The minimum atomic E-state index is -0.398. The summed E-state index contributed by atoms with van der Waals surface area (Å²) in [4.78, 5) is 27.3. The Morgan fingerprint density at radius 2 is 1.55 bits per heavy atom. The van der Waals surface area contributed by atoms with E-state index in [1.807, 2.05) is 59.5 Å². The molecule has 1 saturated heterocycles. The lowest BCUT2D eigenvalue weighted by atomic mass is 10.0. The van der Waals surface area contributed by atoms with Gasteiger partial charge in [0.05, 0.1) is 25.5 Å². The van der Waals surface area contributed by atoms with Crippen LogP contribution in [0.2, 0.25) is 0 Å². The number of nitrogen functional groups attached to an aromatic ring is 1. The first-order chi connectivity index (χ1) is 21.4. The molecule has 44 heavy (non-hydrogen) atoms. The summed E-state index contributed by atoms with van der Waals surface area (Å²) in [7, 11) is 1.35. The van der Waals surface area contributed by atoms with E-state index >= 15 is 0 Å². The lowest BCUT2D eigenvalue weighted by molar-refractivity contribution is -0.144. The normalized spacial score (nSPS) is 16.1. The van der Waals surface area contributed by atoms with Crippen LogP contribution in [0.3, 0.4) is 0 Å². The van der Waals surface area contributed by atoms with Crippen molar-refractivity contribution >= 4 is 17.7 Å². The van der Waals surface area contributed by atoms with Gasteiger partial charge in [0.15, 0.2) is 0 Å². The first-order valence-corrected chi connectivity index (χ1v) is 15.1. The number of esters is 1. The summed E-state index contributed by atoms with van der Waals surface area (Å²) in [6.45, 7) is 0.950. The van der Waals surface area contributed by atoms with Gasteiger partial charge in [-0.3, -0.25) is 15.0 Å². The van der Waals surface area contributed by atoms with E-state index in [1.165, 1.54) is 23.8 Å². The van der Waals surface area contributed by atoms with E-state index in [2.05, 4.69) is 48.5 Å². The van der Waals surface area contributed by atoms with Gasteiger partial charge in [-0.2, -0.15) is 0 Å². The van der Waals surface area contributed by atoms with Crippen LogP contribution < -0.4 is 10.5 Å². The van der Waals surface area contributed by atoms with E-state index in [1.54, 1.807) is 0 Å². The highest BCUT2D eigenvalue weighted by atomic mass is 16.5. The van der Waals surface area contributed by atoms with Crippen LogP contribution in [0.15, 0.2) is 103 Å². The molecule has 4 aromatic carbocycles. The summed E-state index contributed by atoms with van der Waals surface area (Å²) >= 11 is 0. The number of nitrogens with one attached hydrogen (secondary N) is 1. The van der Waals surface area contributed by atoms with Crippen molar-refractivity contribution in [2.45, 2.75) is 38.1 Å².